The molecular weight excluding hydrogens is 254 g/mol. The lowest BCUT2D eigenvalue weighted by Crippen LogP contribution is -2.17. The first-order valence-electron chi connectivity index (χ1n) is 6.55. The van der Waals surface area contributed by atoms with E-state index in [9.17, 15) is 0 Å². The van der Waals surface area contributed by atoms with E-state index in [1.54, 1.807) is 7.11 Å². The lowest BCUT2D eigenvalue weighted by molar-refractivity contribution is 0.185. The summed E-state index contributed by atoms with van der Waals surface area (Å²) >= 11 is 1.86. The molecule has 2 rings (SSSR count). The van der Waals surface area contributed by atoms with Crippen LogP contribution in [0.3, 0.4) is 0 Å². The van der Waals surface area contributed by atoms with Crippen LogP contribution >= 0.6 is 11.3 Å². The Bertz CT molecular complexity index is 504. The number of rotatable bonds is 6. The first-order chi connectivity index (χ1) is 9.19. The van der Waals surface area contributed by atoms with Crippen molar-refractivity contribution in [1.29, 1.82) is 0 Å². The average molecular weight is 275 g/mol. The van der Waals surface area contributed by atoms with Crippen LogP contribution in [-0.2, 0) is 17.9 Å². The highest BCUT2D eigenvalue weighted by Crippen LogP contribution is 2.22. The van der Waals surface area contributed by atoms with Crippen LogP contribution in [0, 0.1) is 6.92 Å². The summed E-state index contributed by atoms with van der Waals surface area (Å²) in [6.45, 7) is 5.93. The molecule has 1 heterocycles. The third-order valence-corrected chi connectivity index (χ3v) is 4.32. The highest BCUT2D eigenvalue weighted by atomic mass is 32.1. The summed E-state index contributed by atoms with van der Waals surface area (Å²) in [4.78, 5) is 2.76. The van der Waals surface area contributed by atoms with Crippen LogP contribution in [0.4, 0.5) is 0 Å². The van der Waals surface area contributed by atoms with Crippen molar-refractivity contribution in [3.05, 3.63) is 57.3 Å². The predicted molar refractivity (Wildman–Crippen MR) is 81.5 cm³/mol. The zero-order chi connectivity index (χ0) is 13.7. The summed E-state index contributed by atoms with van der Waals surface area (Å²) in [5, 5.41) is 3.56. The number of methoxy groups -OCH3 is 1. The molecule has 0 aliphatic rings. The first-order valence-corrected chi connectivity index (χ1v) is 7.37. The Hall–Kier alpha value is -1.16. The molecule has 3 heteroatoms. The molecule has 1 N–H and O–H groups in total. The largest absolute Gasteiger partial charge is 0.380 e. The molecule has 2 aromatic rings. The van der Waals surface area contributed by atoms with Crippen LogP contribution in [0.25, 0.3) is 0 Å². The summed E-state index contributed by atoms with van der Waals surface area (Å²) < 4.78 is 5.11. The zero-order valence-corrected chi connectivity index (χ0v) is 12.6. The minimum Gasteiger partial charge on any atom is -0.380 e. The molecule has 1 unspecified atom stereocenters. The molecular formula is C16H21NOS. The van der Waals surface area contributed by atoms with E-state index in [0.29, 0.717) is 12.6 Å². The van der Waals surface area contributed by atoms with Gasteiger partial charge in [0.2, 0.25) is 0 Å². The Morgan fingerprint density at radius 3 is 2.37 bits per heavy atom. The van der Waals surface area contributed by atoms with Crippen molar-refractivity contribution in [3.63, 3.8) is 0 Å². The van der Waals surface area contributed by atoms with Gasteiger partial charge in [0.05, 0.1) is 6.61 Å². The van der Waals surface area contributed by atoms with Crippen LogP contribution in [-0.4, -0.2) is 7.11 Å². The Morgan fingerprint density at radius 2 is 1.79 bits per heavy atom. The maximum Gasteiger partial charge on any atom is 0.0713 e. The second kappa shape index (κ2) is 6.85. The van der Waals surface area contributed by atoms with Crippen LogP contribution in [0.5, 0.6) is 0 Å². The monoisotopic (exact) mass is 275 g/mol. The zero-order valence-electron chi connectivity index (χ0n) is 11.8. The van der Waals surface area contributed by atoms with E-state index in [1.807, 2.05) is 11.3 Å². The lowest BCUT2D eigenvalue weighted by Gasteiger charge is -2.12. The van der Waals surface area contributed by atoms with Gasteiger partial charge in [0.1, 0.15) is 0 Å². The molecule has 0 fully saturated rings. The second-order valence-corrected chi connectivity index (χ2v) is 6.12. The van der Waals surface area contributed by atoms with E-state index < -0.39 is 0 Å². The standard InChI is InChI=1S/C16H21NOS/c1-12-4-9-16(19-12)13(2)17-10-14-5-7-15(8-6-14)11-18-3/h4-9,13,17H,10-11H2,1-3H3. The molecule has 0 aliphatic carbocycles. The average Bonchev–Trinajstić information content (AvgIpc) is 2.85. The molecule has 0 saturated heterocycles. The number of hydrogen-bond acceptors (Lipinski definition) is 3. The van der Waals surface area contributed by atoms with Crippen molar-refractivity contribution < 1.29 is 4.74 Å². The molecule has 1 atom stereocenters. The Kier molecular flexibility index (Phi) is 5.14. The normalized spacial score (nSPS) is 12.6. The molecule has 0 bridgehead atoms. The van der Waals surface area contributed by atoms with Gasteiger partial charge in [-0.3, -0.25) is 0 Å². The van der Waals surface area contributed by atoms with Crippen molar-refractivity contribution in [2.75, 3.05) is 7.11 Å². The van der Waals surface area contributed by atoms with E-state index in [4.69, 9.17) is 4.74 Å². The number of aryl methyl sites for hydroxylation is 1. The lowest BCUT2D eigenvalue weighted by atomic mass is 10.1. The molecule has 0 amide bonds. The van der Waals surface area contributed by atoms with Crippen molar-refractivity contribution in [1.82, 2.24) is 5.32 Å². The van der Waals surface area contributed by atoms with E-state index in [0.717, 1.165) is 6.54 Å². The Morgan fingerprint density at radius 1 is 1.11 bits per heavy atom. The third kappa shape index (κ3) is 4.16. The Balaban J connectivity index is 1.87. The van der Waals surface area contributed by atoms with Gasteiger partial charge < -0.3 is 10.1 Å². The first kappa shape index (κ1) is 14.3. The maximum atomic E-state index is 5.11. The molecule has 0 spiro atoms. The van der Waals surface area contributed by atoms with Crippen molar-refractivity contribution >= 4 is 11.3 Å². The maximum absolute atomic E-state index is 5.11. The summed E-state index contributed by atoms with van der Waals surface area (Å²) in [6, 6.07) is 13.4. The Labute approximate surface area is 119 Å². The van der Waals surface area contributed by atoms with Gasteiger partial charge in [-0.25, -0.2) is 0 Å². The van der Waals surface area contributed by atoms with Crippen LogP contribution < -0.4 is 5.32 Å². The molecule has 0 radical (unpaired) electrons. The van der Waals surface area contributed by atoms with Gasteiger partial charge in [-0.1, -0.05) is 24.3 Å². The van der Waals surface area contributed by atoms with Crippen LogP contribution in [0.2, 0.25) is 0 Å². The molecule has 2 nitrogen and oxygen atoms in total. The van der Waals surface area contributed by atoms with Crippen molar-refractivity contribution in [2.45, 2.75) is 33.0 Å². The quantitative estimate of drug-likeness (QED) is 0.858. The fourth-order valence-electron chi connectivity index (χ4n) is 1.98. The smallest absolute Gasteiger partial charge is 0.0713 e. The minimum absolute atomic E-state index is 0.400. The van der Waals surface area contributed by atoms with E-state index in [2.05, 4.69) is 55.6 Å². The van der Waals surface area contributed by atoms with E-state index >= 15 is 0 Å². The number of benzene rings is 1. The fourth-order valence-corrected chi connectivity index (χ4v) is 2.88. The van der Waals surface area contributed by atoms with Gasteiger partial charge >= 0.3 is 0 Å². The molecule has 1 aromatic heterocycles. The minimum atomic E-state index is 0.400. The molecule has 0 saturated carbocycles. The molecule has 1 aromatic carbocycles. The fraction of sp³-hybridized carbons (Fsp3) is 0.375. The number of thiophene rings is 1. The number of hydrogen-bond donors (Lipinski definition) is 1. The van der Waals surface area contributed by atoms with Gasteiger partial charge in [0.25, 0.3) is 0 Å². The van der Waals surface area contributed by atoms with E-state index in [1.165, 1.54) is 20.9 Å². The van der Waals surface area contributed by atoms with Gasteiger partial charge in [-0.2, -0.15) is 0 Å². The van der Waals surface area contributed by atoms with Crippen LogP contribution in [0.1, 0.15) is 33.8 Å². The molecule has 0 aliphatic heterocycles. The van der Waals surface area contributed by atoms with Crippen molar-refractivity contribution in [2.24, 2.45) is 0 Å². The summed E-state index contributed by atoms with van der Waals surface area (Å²) in [5.74, 6) is 0. The van der Waals surface area contributed by atoms with E-state index in [-0.39, 0.29) is 0 Å². The highest BCUT2D eigenvalue weighted by Gasteiger charge is 2.06. The molecule has 102 valence electrons. The van der Waals surface area contributed by atoms with Crippen molar-refractivity contribution in [3.8, 4) is 0 Å². The highest BCUT2D eigenvalue weighted by molar-refractivity contribution is 7.12. The summed E-state index contributed by atoms with van der Waals surface area (Å²) in [7, 11) is 1.72. The van der Waals surface area contributed by atoms with Gasteiger partial charge in [-0.15, -0.1) is 11.3 Å². The SMILES string of the molecule is COCc1ccc(CNC(C)c2ccc(C)s2)cc1. The van der Waals surface area contributed by atoms with Gasteiger partial charge in [-0.05, 0) is 37.1 Å². The number of ether oxygens (including phenoxy) is 1. The number of nitrogens with one attached hydrogen (secondary N) is 1. The van der Waals surface area contributed by atoms with Gasteiger partial charge in [0.15, 0.2) is 0 Å². The van der Waals surface area contributed by atoms with Crippen LogP contribution in [0.15, 0.2) is 36.4 Å². The van der Waals surface area contributed by atoms with Gasteiger partial charge in [0, 0.05) is 29.5 Å². The topological polar surface area (TPSA) is 21.3 Å². The summed E-state index contributed by atoms with van der Waals surface area (Å²) in [6.07, 6.45) is 0. The predicted octanol–water partition coefficient (Wildman–Crippen LogP) is 4.05. The second-order valence-electron chi connectivity index (χ2n) is 4.80. The summed E-state index contributed by atoms with van der Waals surface area (Å²) in [5.41, 5.74) is 2.52. The molecule has 19 heavy (non-hydrogen) atoms. The third-order valence-electron chi connectivity index (χ3n) is 3.13.